The van der Waals surface area contributed by atoms with E-state index in [1.165, 1.54) is 0 Å². The first-order valence-electron chi connectivity index (χ1n) is 10.7. The molecule has 1 atom stereocenters. The average molecular weight is 451 g/mol. The van der Waals surface area contributed by atoms with E-state index in [-0.39, 0.29) is 22.7 Å². The molecule has 0 saturated heterocycles. The molecule has 3 rings (SSSR count). The zero-order chi connectivity index (χ0) is 23.5. The van der Waals surface area contributed by atoms with Crippen LogP contribution in [0.2, 0.25) is 0 Å². The normalized spacial score (nSPS) is 12.9. The number of sulfone groups is 1. The van der Waals surface area contributed by atoms with Crippen LogP contribution in [0.5, 0.6) is 5.75 Å². The summed E-state index contributed by atoms with van der Waals surface area (Å²) in [4.78, 5) is 13.2. The van der Waals surface area contributed by atoms with Crippen molar-refractivity contribution in [3.8, 4) is 5.75 Å². The zero-order valence-corrected chi connectivity index (χ0v) is 20.1. The van der Waals surface area contributed by atoms with Gasteiger partial charge in [-0.05, 0) is 64.4 Å². The molecule has 5 heteroatoms. The first-order chi connectivity index (χ1) is 15.0. The lowest BCUT2D eigenvalue weighted by atomic mass is 10.0. The molecule has 0 aliphatic carbocycles. The smallest absolute Gasteiger partial charge is 0.185 e. The lowest BCUT2D eigenvalue weighted by Crippen LogP contribution is -2.23. The summed E-state index contributed by atoms with van der Waals surface area (Å²) in [6, 6.07) is 20.9. The monoisotopic (exact) mass is 450 g/mol. The summed E-state index contributed by atoms with van der Waals surface area (Å²) >= 11 is 0. The highest BCUT2D eigenvalue weighted by molar-refractivity contribution is 7.91. The Labute approximate surface area is 191 Å². The first kappa shape index (κ1) is 23.7. The van der Waals surface area contributed by atoms with Crippen LogP contribution in [0.4, 0.5) is 0 Å². The quantitative estimate of drug-likeness (QED) is 0.398. The summed E-state index contributed by atoms with van der Waals surface area (Å²) in [5.41, 5.74) is 2.72. The molecule has 4 nitrogen and oxygen atoms in total. The molecule has 0 bridgehead atoms. The largest absolute Gasteiger partial charge is 0.488 e. The molecular formula is C27H30O4S. The van der Waals surface area contributed by atoms with E-state index in [2.05, 4.69) is 0 Å². The second kappa shape index (κ2) is 9.29. The van der Waals surface area contributed by atoms with Gasteiger partial charge in [0.15, 0.2) is 15.6 Å². The van der Waals surface area contributed by atoms with Crippen molar-refractivity contribution in [1.29, 1.82) is 0 Å². The summed E-state index contributed by atoms with van der Waals surface area (Å²) in [6.07, 6.45) is -0.140. The molecule has 1 unspecified atom stereocenters. The molecule has 0 aliphatic rings. The maximum Gasteiger partial charge on any atom is 0.185 e. The summed E-state index contributed by atoms with van der Waals surface area (Å²) in [6.45, 7) is 9.70. The van der Waals surface area contributed by atoms with E-state index in [9.17, 15) is 13.2 Å². The van der Waals surface area contributed by atoms with Gasteiger partial charge >= 0.3 is 0 Å². The van der Waals surface area contributed by atoms with Gasteiger partial charge in [0.1, 0.15) is 11.4 Å². The Bertz CT molecular complexity index is 1170. The molecule has 0 aliphatic heterocycles. The second-order valence-corrected chi connectivity index (χ2v) is 11.3. The Balaban J connectivity index is 1.99. The number of benzene rings is 3. The van der Waals surface area contributed by atoms with Crippen LogP contribution < -0.4 is 4.74 Å². The minimum Gasteiger partial charge on any atom is -0.488 e. The van der Waals surface area contributed by atoms with E-state index < -0.39 is 15.1 Å². The van der Waals surface area contributed by atoms with Crippen molar-refractivity contribution < 1.29 is 17.9 Å². The van der Waals surface area contributed by atoms with Gasteiger partial charge in [-0.15, -0.1) is 0 Å². The van der Waals surface area contributed by atoms with Crippen LogP contribution in [0.3, 0.4) is 0 Å². The van der Waals surface area contributed by atoms with Crippen LogP contribution in [0.1, 0.15) is 59.5 Å². The van der Waals surface area contributed by atoms with Gasteiger partial charge in [-0.3, -0.25) is 4.79 Å². The molecule has 0 heterocycles. The molecule has 0 amide bonds. The van der Waals surface area contributed by atoms with Crippen LogP contribution in [0.25, 0.3) is 0 Å². The summed E-state index contributed by atoms with van der Waals surface area (Å²) in [7, 11) is -3.79. The molecule has 0 radical (unpaired) electrons. The number of carbonyl (C=O) groups is 1. The van der Waals surface area contributed by atoms with Gasteiger partial charge in [-0.1, -0.05) is 59.7 Å². The fourth-order valence-electron chi connectivity index (χ4n) is 3.43. The van der Waals surface area contributed by atoms with Gasteiger partial charge < -0.3 is 4.74 Å². The SMILES string of the molecule is Cc1ccc(C(=O)CC(c2ccc(OC(C)(C)C)cc2)S(=O)(=O)c2ccc(C)cc2)cc1. The predicted molar refractivity (Wildman–Crippen MR) is 128 cm³/mol. The fourth-order valence-corrected chi connectivity index (χ4v) is 5.16. The number of aryl methyl sites for hydroxylation is 2. The van der Waals surface area contributed by atoms with Crippen LogP contribution in [0.15, 0.2) is 77.7 Å². The molecule has 0 aromatic heterocycles. The Morgan fingerprint density at radius 2 is 1.31 bits per heavy atom. The number of rotatable bonds is 7. The standard InChI is InChI=1S/C27H30O4S/c1-19-6-10-21(11-7-19)25(28)18-26(32(29,30)24-16-8-20(2)9-17-24)22-12-14-23(15-13-22)31-27(3,4)5/h6-17,26H,18H2,1-5H3. The second-order valence-electron chi connectivity index (χ2n) is 9.12. The van der Waals surface area contributed by atoms with Crippen molar-refractivity contribution in [3.05, 3.63) is 95.1 Å². The number of hydrogen-bond acceptors (Lipinski definition) is 4. The topological polar surface area (TPSA) is 60.4 Å². The zero-order valence-electron chi connectivity index (χ0n) is 19.3. The molecule has 0 fully saturated rings. The molecule has 0 N–H and O–H groups in total. The highest BCUT2D eigenvalue weighted by atomic mass is 32.2. The average Bonchev–Trinajstić information content (AvgIpc) is 2.72. The number of Topliss-reactive ketones (excluding diaryl/α,β-unsaturated/α-hetero) is 1. The molecule has 3 aromatic carbocycles. The van der Waals surface area contributed by atoms with Crippen LogP contribution >= 0.6 is 0 Å². The Hall–Kier alpha value is -2.92. The molecule has 168 valence electrons. The van der Waals surface area contributed by atoms with Gasteiger partial charge in [0.05, 0.1) is 10.1 Å². The molecule has 32 heavy (non-hydrogen) atoms. The van der Waals surface area contributed by atoms with E-state index in [0.717, 1.165) is 11.1 Å². The number of ether oxygens (including phenoxy) is 1. The third-order valence-electron chi connectivity index (χ3n) is 5.14. The van der Waals surface area contributed by atoms with Crippen LogP contribution in [-0.2, 0) is 9.84 Å². The third-order valence-corrected chi connectivity index (χ3v) is 7.26. The van der Waals surface area contributed by atoms with Gasteiger partial charge in [0.2, 0.25) is 0 Å². The van der Waals surface area contributed by atoms with E-state index in [0.29, 0.717) is 16.9 Å². The lowest BCUT2D eigenvalue weighted by Gasteiger charge is -2.22. The number of ketones is 1. The highest BCUT2D eigenvalue weighted by Crippen LogP contribution is 2.34. The molecular weight excluding hydrogens is 420 g/mol. The summed E-state index contributed by atoms with van der Waals surface area (Å²) in [5.74, 6) is 0.443. The van der Waals surface area contributed by atoms with Crippen molar-refractivity contribution >= 4 is 15.6 Å². The minimum absolute atomic E-state index is 0.140. The Kier molecular flexibility index (Phi) is 6.89. The van der Waals surface area contributed by atoms with Gasteiger partial charge in [0, 0.05) is 12.0 Å². The van der Waals surface area contributed by atoms with E-state index in [4.69, 9.17) is 4.74 Å². The van der Waals surface area contributed by atoms with E-state index in [1.807, 2.05) is 46.8 Å². The summed E-state index contributed by atoms with van der Waals surface area (Å²) < 4.78 is 33.1. The van der Waals surface area contributed by atoms with Crippen molar-refractivity contribution in [2.45, 2.75) is 56.8 Å². The van der Waals surface area contributed by atoms with Gasteiger partial charge in [-0.2, -0.15) is 0 Å². The van der Waals surface area contributed by atoms with Crippen molar-refractivity contribution in [2.24, 2.45) is 0 Å². The van der Waals surface area contributed by atoms with Crippen molar-refractivity contribution in [3.63, 3.8) is 0 Å². The maximum absolute atomic E-state index is 13.6. The maximum atomic E-state index is 13.6. The van der Waals surface area contributed by atoms with Crippen LogP contribution in [-0.4, -0.2) is 19.8 Å². The fraction of sp³-hybridized carbons (Fsp3) is 0.296. The highest BCUT2D eigenvalue weighted by Gasteiger charge is 2.31. The van der Waals surface area contributed by atoms with Gasteiger partial charge in [0.25, 0.3) is 0 Å². The van der Waals surface area contributed by atoms with Crippen molar-refractivity contribution in [2.75, 3.05) is 0 Å². The summed E-state index contributed by atoms with van der Waals surface area (Å²) in [5, 5.41) is -0.998. The molecule has 0 spiro atoms. The number of carbonyl (C=O) groups excluding carboxylic acids is 1. The Morgan fingerprint density at radius 1 is 0.812 bits per heavy atom. The predicted octanol–water partition coefficient (Wildman–Crippen LogP) is 6.27. The Morgan fingerprint density at radius 3 is 1.81 bits per heavy atom. The van der Waals surface area contributed by atoms with Gasteiger partial charge in [-0.25, -0.2) is 8.42 Å². The lowest BCUT2D eigenvalue weighted by molar-refractivity contribution is 0.0980. The van der Waals surface area contributed by atoms with E-state index >= 15 is 0 Å². The molecule has 3 aromatic rings. The third kappa shape index (κ3) is 5.86. The van der Waals surface area contributed by atoms with Crippen molar-refractivity contribution in [1.82, 2.24) is 0 Å². The minimum atomic E-state index is -3.79. The number of hydrogen-bond donors (Lipinski definition) is 0. The van der Waals surface area contributed by atoms with Crippen LogP contribution in [0, 0.1) is 13.8 Å². The van der Waals surface area contributed by atoms with E-state index in [1.54, 1.807) is 60.7 Å². The first-order valence-corrected chi connectivity index (χ1v) is 12.2. The molecule has 0 saturated carbocycles.